The third-order valence-electron chi connectivity index (χ3n) is 4.73. The van der Waals surface area contributed by atoms with Gasteiger partial charge in [0.05, 0.1) is 5.69 Å². The van der Waals surface area contributed by atoms with Crippen molar-refractivity contribution < 1.29 is 5.11 Å². The molecule has 0 atom stereocenters. The van der Waals surface area contributed by atoms with Gasteiger partial charge in [0.1, 0.15) is 16.8 Å². The van der Waals surface area contributed by atoms with E-state index in [-0.39, 0.29) is 5.75 Å². The Kier molecular flexibility index (Phi) is 6.10. The van der Waals surface area contributed by atoms with Crippen LogP contribution in [0.15, 0.2) is 42.5 Å². The Labute approximate surface area is 155 Å². The highest BCUT2D eigenvalue weighted by Gasteiger charge is 2.06. The van der Waals surface area contributed by atoms with Crippen LogP contribution in [-0.4, -0.2) is 33.7 Å². The summed E-state index contributed by atoms with van der Waals surface area (Å²) in [5.74, 6) is 0.205. The van der Waals surface area contributed by atoms with Gasteiger partial charge in [-0.1, -0.05) is 39.0 Å². The number of phenols is 1. The SMILES string of the molecule is CCCCCCCCN(C)c1ccc(-n2nc3ccc(O)cc3n2)cc1. The van der Waals surface area contributed by atoms with Crippen molar-refractivity contribution in [2.75, 3.05) is 18.5 Å². The lowest BCUT2D eigenvalue weighted by molar-refractivity contribution is 0.476. The van der Waals surface area contributed by atoms with E-state index >= 15 is 0 Å². The number of aromatic hydroxyl groups is 1. The molecule has 1 N–H and O–H groups in total. The van der Waals surface area contributed by atoms with E-state index in [1.807, 2.05) is 12.1 Å². The normalized spacial score (nSPS) is 11.2. The first-order valence-electron chi connectivity index (χ1n) is 9.55. The van der Waals surface area contributed by atoms with E-state index in [9.17, 15) is 5.11 Å². The van der Waals surface area contributed by atoms with Crippen LogP contribution in [0.25, 0.3) is 16.7 Å². The van der Waals surface area contributed by atoms with Crippen molar-refractivity contribution in [3.05, 3.63) is 42.5 Å². The van der Waals surface area contributed by atoms with Gasteiger partial charge in [-0.15, -0.1) is 10.2 Å². The monoisotopic (exact) mass is 352 g/mol. The molecule has 3 aromatic rings. The summed E-state index contributed by atoms with van der Waals surface area (Å²) in [6.07, 6.45) is 7.89. The van der Waals surface area contributed by atoms with Crippen molar-refractivity contribution >= 4 is 16.7 Å². The quantitative estimate of drug-likeness (QED) is 0.555. The molecule has 1 heterocycles. The third-order valence-corrected chi connectivity index (χ3v) is 4.73. The highest BCUT2D eigenvalue weighted by Crippen LogP contribution is 2.20. The molecular formula is C21H28N4O. The van der Waals surface area contributed by atoms with E-state index in [1.165, 1.54) is 44.2 Å². The largest absolute Gasteiger partial charge is 0.508 e. The van der Waals surface area contributed by atoms with Crippen molar-refractivity contribution in [3.63, 3.8) is 0 Å². The summed E-state index contributed by atoms with van der Waals surface area (Å²) in [6.45, 7) is 3.33. The highest BCUT2D eigenvalue weighted by molar-refractivity contribution is 5.75. The molecule has 0 aliphatic rings. The summed E-state index contributed by atoms with van der Waals surface area (Å²) >= 11 is 0. The number of nitrogens with zero attached hydrogens (tertiary/aromatic N) is 4. The van der Waals surface area contributed by atoms with Crippen LogP contribution >= 0.6 is 0 Å². The molecule has 0 saturated heterocycles. The maximum absolute atomic E-state index is 9.56. The minimum atomic E-state index is 0.205. The molecule has 3 rings (SSSR count). The second-order valence-electron chi connectivity index (χ2n) is 6.87. The fourth-order valence-electron chi connectivity index (χ4n) is 3.12. The molecule has 1 aromatic heterocycles. The average Bonchev–Trinajstić information content (AvgIpc) is 3.07. The van der Waals surface area contributed by atoms with Crippen LogP contribution < -0.4 is 4.90 Å². The Bertz CT molecular complexity index is 826. The molecule has 2 aromatic carbocycles. The first-order chi connectivity index (χ1) is 12.7. The summed E-state index contributed by atoms with van der Waals surface area (Å²) < 4.78 is 0. The van der Waals surface area contributed by atoms with E-state index in [1.54, 1.807) is 23.0 Å². The van der Waals surface area contributed by atoms with E-state index in [2.05, 4.69) is 41.2 Å². The van der Waals surface area contributed by atoms with Crippen LogP contribution in [0, 0.1) is 0 Å². The van der Waals surface area contributed by atoms with Crippen molar-refractivity contribution in [1.29, 1.82) is 0 Å². The van der Waals surface area contributed by atoms with E-state index in [0.29, 0.717) is 5.52 Å². The number of phenolic OH excluding ortho intramolecular Hbond substituents is 1. The molecule has 5 nitrogen and oxygen atoms in total. The maximum Gasteiger partial charge on any atom is 0.117 e. The van der Waals surface area contributed by atoms with Gasteiger partial charge in [-0.2, -0.15) is 4.80 Å². The molecular weight excluding hydrogens is 324 g/mol. The molecule has 138 valence electrons. The standard InChI is InChI=1S/C21H28N4O/c1-3-4-5-6-7-8-15-24(2)17-9-11-18(12-10-17)25-22-20-14-13-19(26)16-21(20)23-25/h9-14,16,26H,3-8,15H2,1-2H3. The smallest absolute Gasteiger partial charge is 0.117 e. The van der Waals surface area contributed by atoms with Crippen LogP contribution in [0.3, 0.4) is 0 Å². The van der Waals surface area contributed by atoms with Gasteiger partial charge in [-0.25, -0.2) is 0 Å². The molecule has 0 aliphatic heterocycles. The summed E-state index contributed by atoms with van der Waals surface area (Å²) in [5, 5.41) is 18.5. The Morgan fingerprint density at radius 3 is 2.35 bits per heavy atom. The Hall–Kier alpha value is -2.56. The van der Waals surface area contributed by atoms with Gasteiger partial charge < -0.3 is 10.0 Å². The zero-order valence-corrected chi connectivity index (χ0v) is 15.7. The van der Waals surface area contributed by atoms with E-state index in [0.717, 1.165) is 17.7 Å². The lowest BCUT2D eigenvalue weighted by atomic mass is 10.1. The minimum Gasteiger partial charge on any atom is -0.508 e. The Morgan fingerprint density at radius 1 is 0.885 bits per heavy atom. The molecule has 0 unspecified atom stereocenters. The molecule has 0 spiro atoms. The number of fused-ring (bicyclic) bond motifs is 1. The number of hydrogen-bond donors (Lipinski definition) is 1. The summed E-state index contributed by atoms with van der Waals surface area (Å²) in [7, 11) is 2.14. The topological polar surface area (TPSA) is 54.2 Å². The van der Waals surface area contributed by atoms with Crippen LogP contribution in [0.5, 0.6) is 5.75 Å². The summed E-state index contributed by atoms with van der Waals surface area (Å²) in [5.41, 5.74) is 3.58. The molecule has 26 heavy (non-hydrogen) atoms. The zero-order valence-electron chi connectivity index (χ0n) is 15.7. The van der Waals surface area contributed by atoms with Gasteiger partial charge in [0.15, 0.2) is 0 Å². The van der Waals surface area contributed by atoms with Crippen LogP contribution in [0.2, 0.25) is 0 Å². The summed E-state index contributed by atoms with van der Waals surface area (Å²) in [4.78, 5) is 3.91. The van der Waals surface area contributed by atoms with Crippen molar-refractivity contribution in [1.82, 2.24) is 15.0 Å². The molecule has 0 radical (unpaired) electrons. The number of aromatic nitrogens is 3. The van der Waals surface area contributed by atoms with Crippen molar-refractivity contribution in [2.45, 2.75) is 45.4 Å². The van der Waals surface area contributed by atoms with Crippen LogP contribution in [0.1, 0.15) is 45.4 Å². The third kappa shape index (κ3) is 4.54. The van der Waals surface area contributed by atoms with Crippen molar-refractivity contribution in [3.8, 4) is 11.4 Å². The number of rotatable bonds is 9. The van der Waals surface area contributed by atoms with Gasteiger partial charge in [-0.3, -0.25) is 0 Å². The van der Waals surface area contributed by atoms with Gasteiger partial charge in [0.2, 0.25) is 0 Å². The fraction of sp³-hybridized carbons (Fsp3) is 0.429. The average molecular weight is 352 g/mol. The second-order valence-corrected chi connectivity index (χ2v) is 6.87. The Morgan fingerprint density at radius 2 is 1.58 bits per heavy atom. The molecule has 0 saturated carbocycles. The van der Waals surface area contributed by atoms with E-state index < -0.39 is 0 Å². The lowest BCUT2D eigenvalue weighted by Crippen LogP contribution is -2.18. The predicted octanol–water partition coefficient (Wildman–Crippen LogP) is 4.92. The molecule has 5 heteroatoms. The lowest BCUT2D eigenvalue weighted by Gasteiger charge is -2.19. The van der Waals surface area contributed by atoms with Gasteiger partial charge in [0.25, 0.3) is 0 Å². The van der Waals surface area contributed by atoms with Gasteiger partial charge in [-0.05, 0) is 42.8 Å². The van der Waals surface area contributed by atoms with E-state index in [4.69, 9.17) is 0 Å². The Balaban J connectivity index is 1.58. The number of hydrogen-bond acceptors (Lipinski definition) is 4. The fourth-order valence-corrected chi connectivity index (χ4v) is 3.12. The number of anilines is 1. The minimum absolute atomic E-state index is 0.205. The molecule has 0 bridgehead atoms. The summed E-state index contributed by atoms with van der Waals surface area (Å²) in [6, 6.07) is 13.3. The second kappa shape index (κ2) is 8.70. The first-order valence-corrected chi connectivity index (χ1v) is 9.55. The number of unbranched alkanes of at least 4 members (excludes halogenated alkanes) is 5. The molecule has 0 aliphatic carbocycles. The zero-order chi connectivity index (χ0) is 18.4. The van der Waals surface area contributed by atoms with Gasteiger partial charge in [0, 0.05) is 25.3 Å². The van der Waals surface area contributed by atoms with Crippen LogP contribution in [-0.2, 0) is 0 Å². The van der Waals surface area contributed by atoms with Gasteiger partial charge >= 0.3 is 0 Å². The molecule has 0 amide bonds. The van der Waals surface area contributed by atoms with Crippen molar-refractivity contribution in [2.24, 2.45) is 0 Å². The predicted molar refractivity (Wildman–Crippen MR) is 107 cm³/mol. The number of benzene rings is 2. The maximum atomic E-state index is 9.56. The van der Waals surface area contributed by atoms with Crippen LogP contribution in [0.4, 0.5) is 5.69 Å². The molecule has 0 fully saturated rings. The first kappa shape index (κ1) is 18.2. The highest BCUT2D eigenvalue weighted by atomic mass is 16.3.